The van der Waals surface area contributed by atoms with E-state index in [0.29, 0.717) is 19.6 Å². The Morgan fingerprint density at radius 3 is 2.76 bits per heavy atom. The van der Waals surface area contributed by atoms with Crippen LogP contribution in [0.1, 0.15) is 21.7 Å². The van der Waals surface area contributed by atoms with Gasteiger partial charge in [0.1, 0.15) is 0 Å². The molecule has 4 rings (SSSR count). The van der Waals surface area contributed by atoms with E-state index in [2.05, 4.69) is 4.90 Å². The van der Waals surface area contributed by atoms with Crippen molar-refractivity contribution in [2.24, 2.45) is 0 Å². The fraction of sp³-hybridized carbons (Fsp3) is 0.444. The van der Waals surface area contributed by atoms with Gasteiger partial charge in [-0.05, 0) is 48.8 Å². The van der Waals surface area contributed by atoms with E-state index in [-0.39, 0.29) is 17.4 Å². The second kappa shape index (κ2) is 6.23. The maximum absolute atomic E-state index is 12.9. The number of nitrogens with zero attached hydrogens (tertiary/aromatic N) is 3. The van der Waals surface area contributed by atoms with Gasteiger partial charge in [0.25, 0.3) is 5.91 Å². The van der Waals surface area contributed by atoms with Crippen molar-refractivity contribution in [2.75, 3.05) is 38.1 Å². The zero-order valence-corrected chi connectivity index (χ0v) is 16.0. The van der Waals surface area contributed by atoms with Crippen molar-refractivity contribution in [3.05, 3.63) is 38.7 Å². The lowest BCUT2D eigenvalue weighted by Crippen LogP contribution is -2.64. The minimum atomic E-state index is -0.156. The van der Waals surface area contributed by atoms with E-state index in [1.807, 2.05) is 52.0 Å². The first-order chi connectivity index (χ1) is 12.0. The van der Waals surface area contributed by atoms with Gasteiger partial charge in [-0.2, -0.15) is 11.3 Å². The molecule has 0 unspecified atom stereocenters. The molecule has 2 amide bonds. The molecule has 2 aromatic rings. The van der Waals surface area contributed by atoms with E-state index in [0.717, 1.165) is 29.1 Å². The Balaban J connectivity index is 1.56. The molecular formula is C18H21N3O2S2. The Kier molecular flexibility index (Phi) is 4.17. The fourth-order valence-corrected chi connectivity index (χ4v) is 5.35. The van der Waals surface area contributed by atoms with E-state index in [4.69, 9.17) is 0 Å². The first-order valence-corrected chi connectivity index (χ1v) is 10.2. The number of thiophene rings is 2. The summed E-state index contributed by atoms with van der Waals surface area (Å²) in [6, 6.07) is 3.99. The third kappa shape index (κ3) is 2.80. The number of carbonyl (C=O) groups is 2. The highest BCUT2D eigenvalue weighted by atomic mass is 32.1. The summed E-state index contributed by atoms with van der Waals surface area (Å²) < 4.78 is 0. The van der Waals surface area contributed by atoms with Crippen LogP contribution in [0, 0.1) is 6.92 Å². The van der Waals surface area contributed by atoms with Gasteiger partial charge >= 0.3 is 0 Å². The maximum Gasteiger partial charge on any atom is 0.264 e. The number of likely N-dealkylation sites (tertiary alicyclic amines) is 1. The third-order valence-electron chi connectivity index (χ3n) is 5.43. The van der Waals surface area contributed by atoms with Crippen LogP contribution in [-0.4, -0.2) is 60.4 Å². The first-order valence-electron chi connectivity index (χ1n) is 8.37. The lowest BCUT2D eigenvalue weighted by molar-refractivity contribution is -0.123. The SMILES string of the molecule is Cc1ccsc1C(=O)N1CC[C@@]2(C1)CN(c1ccsc1)C(=O)CN2C. The molecule has 0 aliphatic carbocycles. The van der Waals surface area contributed by atoms with Crippen molar-refractivity contribution in [1.82, 2.24) is 9.80 Å². The summed E-state index contributed by atoms with van der Waals surface area (Å²) >= 11 is 3.11. The Bertz CT molecular complexity index is 801. The van der Waals surface area contributed by atoms with Gasteiger partial charge in [-0.25, -0.2) is 0 Å². The third-order valence-corrected chi connectivity index (χ3v) is 7.10. The van der Waals surface area contributed by atoms with E-state index in [1.165, 1.54) is 11.3 Å². The van der Waals surface area contributed by atoms with Crippen LogP contribution >= 0.6 is 22.7 Å². The molecule has 7 heteroatoms. The monoisotopic (exact) mass is 375 g/mol. The summed E-state index contributed by atoms with van der Waals surface area (Å²) in [6.45, 7) is 4.45. The number of piperazine rings is 1. The Morgan fingerprint density at radius 1 is 1.24 bits per heavy atom. The highest BCUT2D eigenvalue weighted by Gasteiger charge is 2.48. The smallest absolute Gasteiger partial charge is 0.264 e. The molecule has 0 N–H and O–H groups in total. The van der Waals surface area contributed by atoms with E-state index >= 15 is 0 Å². The van der Waals surface area contributed by atoms with E-state index < -0.39 is 0 Å². The first kappa shape index (κ1) is 16.8. The van der Waals surface area contributed by atoms with Crippen LogP contribution in [0.15, 0.2) is 28.3 Å². The molecule has 0 saturated carbocycles. The molecule has 132 valence electrons. The predicted octanol–water partition coefficient (Wildman–Crippen LogP) is 2.68. The quantitative estimate of drug-likeness (QED) is 0.811. The molecule has 2 saturated heterocycles. The van der Waals surface area contributed by atoms with Gasteiger partial charge in [-0.15, -0.1) is 11.3 Å². The van der Waals surface area contributed by atoms with Crippen molar-refractivity contribution < 1.29 is 9.59 Å². The van der Waals surface area contributed by atoms with Crippen LogP contribution in [0.2, 0.25) is 0 Å². The lowest BCUT2D eigenvalue weighted by Gasteiger charge is -2.46. The number of amides is 2. The van der Waals surface area contributed by atoms with Gasteiger partial charge in [0.05, 0.1) is 22.6 Å². The van der Waals surface area contributed by atoms with Crippen LogP contribution in [0.5, 0.6) is 0 Å². The number of rotatable bonds is 2. The zero-order valence-electron chi connectivity index (χ0n) is 14.4. The van der Waals surface area contributed by atoms with Crippen LogP contribution in [-0.2, 0) is 4.79 Å². The Labute approximate surface area is 155 Å². The van der Waals surface area contributed by atoms with Crippen LogP contribution in [0.3, 0.4) is 0 Å². The number of anilines is 1. The molecule has 1 spiro atoms. The molecular weight excluding hydrogens is 354 g/mol. The standard InChI is InChI=1S/C18H21N3O2S2/c1-13-3-8-25-16(13)17(23)20-6-5-18(11-20)12-21(14-4-7-24-10-14)15(22)9-19(18)2/h3-4,7-8,10H,5-6,9,11-12H2,1-2H3/t18-/m1/s1. The van der Waals surface area contributed by atoms with Crippen LogP contribution in [0.4, 0.5) is 5.69 Å². The summed E-state index contributed by atoms with van der Waals surface area (Å²) in [5.41, 5.74) is 1.86. The number of carbonyl (C=O) groups excluding carboxylic acids is 2. The number of aryl methyl sites for hydroxylation is 1. The summed E-state index contributed by atoms with van der Waals surface area (Å²) in [4.78, 5) is 32.2. The second-order valence-electron chi connectivity index (χ2n) is 6.95. The molecule has 0 aromatic carbocycles. The number of hydrogen-bond acceptors (Lipinski definition) is 5. The highest BCUT2D eigenvalue weighted by Crippen LogP contribution is 2.35. The highest BCUT2D eigenvalue weighted by molar-refractivity contribution is 7.12. The predicted molar refractivity (Wildman–Crippen MR) is 102 cm³/mol. The summed E-state index contributed by atoms with van der Waals surface area (Å²) in [6.07, 6.45) is 0.896. The summed E-state index contributed by atoms with van der Waals surface area (Å²) in [5, 5.41) is 5.99. The average molecular weight is 376 g/mol. The van der Waals surface area contributed by atoms with Gasteiger partial charge in [0, 0.05) is 25.0 Å². The van der Waals surface area contributed by atoms with Crippen molar-refractivity contribution in [2.45, 2.75) is 18.9 Å². The van der Waals surface area contributed by atoms with Crippen molar-refractivity contribution in [3.63, 3.8) is 0 Å². The van der Waals surface area contributed by atoms with Crippen molar-refractivity contribution in [1.29, 1.82) is 0 Å². The normalized spacial score (nSPS) is 24.5. The minimum Gasteiger partial charge on any atom is -0.336 e. The molecule has 0 radical (unpaired) electrons. The lowest BCUT2D eigenvalue weighted by atomic mass is 9.93. The van der Waals surface area contributed by atoms with Crippen LogP contribution in [0.25, 0.3) is 0 Å². The van der Waals surface area contributed by atoms with E-state index in [9.17, 15) is 9.59 Å². The molecule has 2 aliphatic heterocycles. The van der Waals surface area contributed by atoms with Gasteiger partial charge < -0.3 is 9.80 Å². The molecule has 0 bridgehead atoms. The van der Waals surface area contributed by atoms with Crippen molar-refractivity contribution >= 4 is 40.2 Å². The number of hydrogen-bond donors (Lipinski definition) is 0. The molecule has 2 aliphatic rings. The Hall–Kier alpha value is -1.70. The minimum absolute atomic E-state index is 0.122. The maximum atomic E-state index is 12.9. The average Bonchev–Trinajstić information content (AvgIpc) is 3.32. The topological polar surface area (TPSA) is 43.9 Å². The number of likely N-dealkylation sites (N-methyl/N-ethyl adjacent to an activating group) is 1. The van der Waals surface area contributed by atoms with Gasteiger partial charge in [0.2, 0.25) is 5.91 Å². The largest absolute Gasteiger partial charge is 0.336 e. The summed E-state index contributed by atoms with van der Waals surface area (Å²) in [7, 11) is 2.01. The summed E-state index contributed by atoms with van der Waals surface area (Å²) in [5.74, 6) is 0.252. The van der Waals surface area contributed by atoms with Gasteiger partial charge in [0.15, 0.2) is 0 Å². The molecule has 2 fully saturated rings. The molecule has 4 heterocycles. The van der Waals surface area contributed by atoms with E-state index in [1.54, 1.807) is 11.3 Å². The zero-order chi connectivity index (χ0) is 17.6. The molecule has 2 aromatic heterocycles. The Morgan fingerprint density at radius 2 is 2.08 bits per heavy atom. The fourth-order valence-electron chi connectivity index (χ4n) is 3.81. The molecule has 1 atom stereocenters. The molecule has 5 nitrogen and oxygen atoms in total. The molecule has 25 heavy (non-hydrogen) atoms. The van der Waals surface area contributed by atoms with Crippen LogP contribution < -0.4 is 4.90 Å². The van der Waals surface area contributed by atoms with Gasteiger partial charge in [-0.3, -0.25) is 14.5 Å². The second-order valence-corrected chi connectivity index (χ2v) is 8.65. The van der Waals surface area contributed by atoms with Crippen molar-refractivity contribution in [3.8, 4) is 0 Å². The van der Waals surface area contributed by atoms with Gasteiger partial charge in [-0.1, -0.05) is 0 Å².